The molecular formula is C24H18ClFN2O4S2. The second kappa shape index (κ2) is 8.65. The van der Waals surface area contributed by atoms with Gasteiger partial charge in [-0.05, 0) is 65.4 Å². The number of Topliss-reactive ketones (excluding diaryl/α,β-unsaturated/α-hetero) is 1. The van der Waals surface area contributed by atoms with Gasteiger partial charge >= 0.3 is 0 Å². The summed E-state index contributed by atoms with van der Waals surface area (Å²) in [5.41, 5.74) is 2.13. The van der Waals surface area contributed by atoms with Crippen molar-refractivity contribution in [2.75, 3.05) is 17.6 Å². The molecule has 1 aliphatic rings. The smallest absolute Gasteiger partial charge is 0.263 e. The van der Waals surface area contributed by atoms with Crippen molar-refractivity contribution in [1.29, 1.82) is 0 Å². The minimum absolute atomic E-state index is 0.0180. The first-order valence-corrected chi connectivity index (χ1v) is 13.3. The van der Waals surface area contributed by atoms with Crippen molar-refractivity contribution in [1.82, 2.24) is 4.57 Å². The third-order valence-electron chi connectivity index (χ3n) is 5.77. The standard InChI is InChI=1S/C24H18ClFN2O4S2/c25-22-5-6-23(33-22)34(31,32)13-15(29)11-14-1-4-21(19(26)12-14)28-10-8-16-17-7-9-27-20(17)3-2-18(16)24(28)30/h1-6,8,10,12,27H,7,9,11,13H2. The molecule has 0 saturated carbocycles. The summed E-state index contributed by atoms with van der Waals surface area (Å²) in [5, 5.41) is 4.62. The molecule has 4 aromatic rings. The molecule has 2 aromatic heterocycles. The van der Waals surface area contributed by atoms with Crippen LogP contribution in [0.5, 0.6) is 0 Å². The van der Waals surface area contributed by atoms with Crippen LogP contribution < -0.4 is 10.9 Å². The van der Waals surface area contributed by atoms with Gasteiger partial charge in [0, 0.05) is 30.2 Å². The van der Waals surface area contributed by atoms with Gasteiger partial charge in [-0.15, -0.1) is 11.3 Å². The van der Waals surface area contributed by atoms with Crippen LogP contribution in [0.25, 0.3) is 16.5 Å². The summed E-state index contributed by atoms with van der Waals surface area (Å²) >= 11 is 6.67. The Balaban J connectivity index is 1.39. The molecule has 0 fully saturated rings. The average molecular weight is 517 g/mol. The first-order chi connectivity index (χ1) is 16.2. The number of sulfone groups is 1. The topological polar surface area (TPSA) is 85.2 Å². The number of fused-ring (bicyclic) bond motifs is 3. The lowest BCUT2D eigenvalue weighted by Gasteiger charge is -2.11. The average Bonchev–Trinajstić information content (AvgIpc) is 3.43. The number of halogens is 2. The number of anilines is 1. The Morgan fingerprint density at radius 1 is 1.12 bits per heavy atom. The Kier molecular flexibility index (Phi) is 5.79. The lowest BCUT2D eigenvalue weighted by molar-refractivity contribution is -0.116. The van der Waals surface area contributed by atoms with E-state index in [2.05, 4.69) is 5.32 Å². The molecule has 174 valence electrons. The Labute approximate surface area is 203 Å². The summed E-state index contributed by atoms with van der Waals surface area (Å²) in [6.07, 6.45) is 2.12. The van der Waals surface area contributed by atoms with E-state index in [1.54, 1.807) is 18.3 Å². The highest BCUT2D eigenvalue weighted by molar-refractivity contribution is 7.94. The zero-order valence-corrected chi connectivity index (χ0v) is 20.1. The van der Waals surface area contributed by atoms with Gasteiger partial charge in [0.1, 0.15) is 15.8 Å². The molecule has 6 nitrogen and oxygen atoms in total. The van der Waals surface area contributed by atoms with E-state index in [4.69, 9.17) is 11.6 Å². The fourth-order valence-electron chi connectivity index (χ4n) is 4.22. The fourth-order valence-corrected chi connectivity index (χ4v) is 7.03. The Morgan fingerprint density at radius 3 is 2.68 bits per heavy atom. The molecule has 10 heteroatoms. The van der Waals surface area contributed by atoms with Gasteiger partial charge in [0.15, 0.2) is 15.6 Å². The van der Waals surface area contributed by atoms with Crippen LogP contribution in [0.15, 0.2) is 63.7 Å². The number of hydrogen-bond donors (Lipinski definition) is 1. The zero-order chi connectivity index (χ0) is 24.0. The SMILES string of the molecule is O=C(Cc1ccc(-n2ccc3c4c(ccc3c2=O)NCC4)c(F)c1)CS(=O)(=O)c1ccc(Cl)s1. The van der Waals surface area contributed by atoms with E-state index in [1.165, 1.54) is 28.8 Å². The molecule has 3 heterocycles. The van der Waals surface area contributed by atoms with E-state index in [1.807, 2.05) is 6.07 Å². The maximum absolute atomic E-state index is 15.0. The molecule has 0 atom stereocenters. The van der Waals surface area contributed by atoms with E-state index in [-0.39, 0.29) is 21.9 Å². The number of thiophene rings is 1. The van der Waals surface area contributed by atoms with Crippen LogP contribution in [-0.2, 0) is 27.5 Å². The molecule has 0 amide bonds. The minimum atomic E-state index is -3.81. The molecule has 0 spiro atoms. The number of rotatable bonds is 6. The van der Waals surface area contributed by atoms with Crippen LogP contribution in [0.3, 0.4) is 0 Å². The Hall–Kier alpha value is -3.01. The van der Waals surface area contributed by atoms with Crippen molar-refractivity contribution in [3.05, 3.63) is 86.4 Å². The van der Waals surface area contributed by atoms with Gasteiger partial charge < -0.3 is 5.32 Å². The zero-order valence-electron chi connectivity index (χ0n) is 17.7. The van der Waals surface area contributed by atoms with E-state index in [0.29, 0.717) is 15.3 Å². The lowest BCUT2D eigenvalue weighted by atomic mass is 10.0. The maximum Gasteiger partial charge on any atom is 0.263 e. The molecule has 0 unspecified atom stereocenters. The normalized spacial score (nSPS) is 13.1. The minimum Gasteiger partial charge on any atom is -0.384 e. The van der Waals surface area contributed by atoms with Crippen molar-refractivity contribution < 1.29 is 17.6 Å². The molecule has 0 aliphatic carbocycles. The van der Waals surface area contributed by atoms with Crippen LogP contribution >= 0.6 is 22.9 Å². The second-order valence-electron chi connectivity index (χ2n) is 8.04. The number of nitrogens with one attached hydrogen (secondary N) is 1. The summed E-state index contributed by atoms with van der Waals surface area (Å²) in [5.74, 6) is -1.94. The highest BCUT2D eigenvalue weighted by atomic mass is 35.5. The van der Waals surface area contributed by atoms with Gasteiger partial charge in [-0.1, -0.05) is 17.7 Å². The van der Waals surface area contributed by atoms with Crippen LogP contribution in [0.4, 0.5) is 10.1 Å². The molecule has 5 rings (SSSR count). The molecule has 0 bridgehead atoms. The van der Waals surface area contributed by atoms with Crippen LogP contribution in [0.2, 0.25) is 4.34 Å². The monoisotopic (exact) mass is 516 g/mol. The molecule has 34 heavy (non-hydrogen) atoms. The van der Waals surface area contributed by atoms with Crippen molar-refractivity contribution in [2.45, 2.75) is 17.1 Å². The number of pyridine rings is 1. The first kappa shape index (κ1) is 22.8. The van der Waals surface area contributed by atoms with Crippen LogP contribution in [0, 0.1) is 5.82 Å². The number of carbonyl (C=O) groups excluding carboxylic acids is 1. The summed E-state index contributed by atoms with van der Waals surface area (Å²) < 4.78 is 41.3. The molecule has 0 saturated heterocycles. The van der Waals surface area contributed by atoms with E-state index < -0.39 is 27.2 Å². The van der Waals surface area contributed by atoms with E-state index in [0.717, 1.165) is 47.0 Å². The predicted octanol–water partition coefficient (Wildman–Crippen LogP) is 4.40. The Morgan fingerprint density at radius 2 is 1.94 bits per heavy atom. The van der Waals surface area contributed by atoms with E-state index >= 15 is 0 Å². The molecule has 1 N–H and O–H groups in total. The van der Waals surface area contributed by atoms with Crippen LogP contribution in [-0.4, -0.2) is 31.1 Å². The van der Waals surface area contributed by atoms with Gasteiger partial charge in [-0.2, -0.15) is 0 Å². The molecule has 0 radical (unpaired) electrons. The number of aromatic nitrogens is 1. The van der Waals surface area contributed by atoms with Gasteiger partial charge in [-0.3, -0.25) is 14.2 Å². The number of ketones is 1. The number of hydrogen-bond acceptors (Lipinski definition) is 6. The summed E-state index contributed by atoms with van der Waals surface area (Å²) in [6.45, 7) is 0.814. The highest BCUT2D eigenvalue weighted by Gasteiger charge is 2.22. The summed E-state index contributed by atoms with van der Waals surface area (Å²) in [7, 11) is -3.81. The fraction of sp³-hybridized carbons (Fsp3) is 0.167. The third-order valence-corrected chi connectivity index (χ3v) is 9.25. The van der Waals surface area contributed by atoms with Gasteiger partial charge in [-0.25, -0.2) is 12.8 Å². The van der Waals surface area contributed by atoms with Crippen molar-refractivity contribution in [3.8, 4) is 5.69 Å². The quantitative estimate of drug-likeness (QED) is 0.410. The molecule has 1 aliphatic heterocycles. The molecule has 2 aromatic carbocycles. The lowest BCUT2D eigenvalue weighted by Crippen LogP contribution is -2.20. The first-order valence-electron chi connectivity index (χ1n) is 10.4. The second-order valence-corrected chi connectivity index (χ2v) is 12.0. The largest absolute Gasteiger partial charge is 0.384 e. The highest BCUT2D eigenvalue weighted by Crippen LogP contribution is 2.29. The third kappa shape index (κ3) is 4.15. The number of benzene rings is 2. The van der Waals surface area contributed by atoms with Crippen molar-refractivity contribution in [3.63, 3.8) is 0 Å². The summed E-state index contributed by atoms with van der Waals surface area (Å²) in [6, 6.07) is 12.3. The van der Waals surface area contributed by atoms with Crippen LogP contribution in [0.1, 0.15) is 11.1 Å². The molecular weight excluding hydrogens is 499 g/mol. The maximum atomic E-state index is 15.0. The Bertz CT molecular complexity index is 1630. The number of carbonyl (C=O) groups is 1. The van der Waals surface area contributed by atoms with Gasteiger partial charge in [0.05, 0.1) is 10.0 Å². The van der Waals surface area contributed by atoms with E-state index in [9.17, 15) is 22.4 Å². The van der Waals surface area contributed by atoms with Crippen molar-refractivity contribution >= 4 is 55.0 Å². The van der Waals surface area contributed by atoms with Crippen molar-refractivity contribution in [2.24, 2.45) is 0 Å². The number of nitrogens with zero attached hydrogens (tertiary/aromatic N) is 1. The van der Waals surface area contributed by atoms with Gasteiger partial charge in [0.25, 0.3) is 5.56 Å². The predicted molar refractivity (Wildman–Crippen MR) is 132 cm³/mol. The van der Waals surface area contributed by atoms with Gasteiger partial charge in [0.2, 0.25) is 0 Å². The summed E-state index contributed by atoms with van der Waals surface area (Å²) in [4.78, 5) is 25.5.